The molecule has 3 rings (SSSR count). The van der Waals surface area contributed by atoms with Crippen LogP contribution >= 0.6 is 0 Å². The minimum Gasteiger partial charge on any atom is -0.366 e. The Morgan fingerprint density at radius 3 is 2.43 bits per heavy atom. The van der Waals surface area contributed by atoms with Crippen LogP contribution < -0.4 is 10.2 Å². The van der Waals surface area contributed by atoms with Gasteiger partial charge >= 0.3 is 6.03 Å². The SMILES string of the molecule is O=C(CN1C(=O)CNC1=O)N1CCN(c2ccccc2F)CC1. The van der Waals surface area contributed by atoms with Crippen molar-refractivity contribution in [1.82, 2.24) is 15.1 Å². The monoisotopic (exact) mass is 320 g/mol. The second-order valence-electron chi connectivity index (χ2n) is 5.46. The van der Waals surface area contributed by atoms with Crippen LogP contribution in [0.1, 0.15) is 0 Å². The lowest BCUT2D eigenvalue weighted by Crippen LogP contribution is -2.52. The third kappa shape index (κ3) is 3.10. The Bertz CT molecular complexity index is 627. The summed E-state index contributed by atoms with van der Waals surface area (Å²) in [6.45, 7) is 1.56. The zero-order valence-electron chi connectivity index (χ0n) is 12.5. The first kappa shape index (κ1) is 15.3. The van der Waals surface area contributed by atoms with E-state index >= 15 is 0 Å². The fourth-order valence-corrected chi connectivity index (χ4v) is 2.76. The number of nitrogens with zero attached hydrogens (tertiary/aromatic N) is 3. The number of carbonyl (C=O) groups is 3. The zero-order valence-corrected chi connectivity index (χ0v) is 12.5. The van der Waals surface area contributed by atoms with E-state index in [0.29, 0.717) is 31.9 Å². The lowest BCUT2D eigenvalue weighted by molar-refractivity contribution is -0.136. The van der Waals surface area contributed by atoms with Gasteiger partial charge in [-0.25, -0.2) is 9.18 Å². The number of hydrogen-bond donors (Lipinski definition) is 1. The topological polar surface area (TPSA) is 73.0 Å². The molecule has 0 radical (unpaired) electrons. The van der Waals surface area contributed by atoms with Crippen molar-refractivity contribution in [3.8, 4) is 0 Å². The number of anilines is 1. The maximum absolute atomic E-state index is 13.8. The average molecular weight is 320 g/mol. The molecular weight excluding hydrogens is 303 g/mol. The van der Waals surface area contributed by atoms with Crippen LogP contribution in [0.15, 0.2) is 24.3 Å². The number of halogens is 1. The van der Waals surface area contributed by atoms with Gasteiger partial charge in [-0.05, 0) is 12.1 Å². The van der Waals surface area contributed by atoms with Gasteiger partial charge in [-0.1, -0.05) is 12.1 Å². The maximum atomic E-state index is 13.8. The molecular formula is C15H17FN4O3. The molecule has 4 amide bonds. The minimum atomic E-state index is -0.534. The molecule has 0 saturated carbocycles. The highest BCUT2D eigenvalue weighted by Gasteiger charge is 2.32. The number of benzene rings is 1. The largest absolute Gasteiger partial charge is 0.366 e. The van der Waals surface area contributed by atoms with Crippen LogP contribution in [0.2, 0.25) is 0 Å². The molecule has 23 heavy (non-hydrogen) atoms. The van der Waals surface area contributed by atoms with E-state index in [-0.39, 0.29) is 24.8 Å². The van der Waals surface area contributed by atoms with Gasteiger partial charge in [0.15, 0.2) is 0 Å². The van der Waals surface area contributed by atoms with Gasteiger partial charge in [-0.15, -0.1) is 0 Å². The van der Waals surface area contributed by atoms with Crippen LogP contribution in [0.25, 0.3) is 0 Å². The molecule has 122 valence electrons. The van der Waals surface area contributed by atoms with Crippen molar-refractivity contribution < 1.29 is 18.8 Å². The first-order valence-corrected chi connectivity index (χ1v) is 7.41. The Morgan fingerprint density at radius 2 is 1.83 bits per heavy atom. The Balaban J connectivity index is 1.56. The molecule has 0 unspecified atom stereocenters. The van der Waals surface area contributed by atoms with Crippen molar-refractivity contribution in [2.24, 2.45) is 0 Å². The molecule has 0 aliphatic carbocycles. The molecule has 2 aliphatic rings. The quantitative estimate of drug-likeness (QED) is 0.797. The van der Waals surface area contributed by atoms with Crippen LogP contribution in [-0.4, -0.2) is 66.9 Å². The lowest BCUT2D eigenvalue weighted by Gasteiger charge is -2.36. The summed E-state index contributed by atoms with van der Waals surface area (Å²) in [4.78, 5) is 39.6. The third-order valence-electron chi connectivity index (χ3n) is 4.06. The summed E-state index contributed by atoms with van der Waals surface area (Å²) in [5, 5.41) is 2.38. The molecule has 2 saturated heterocycles. The van der Waals surface area contributed by atoms with Gasteiger partial charge in [0.05, 0.1) is 12.2 Å². The summed E-state index contributed by atoms with van der Waals surface area (Å²) in [6, 6.07) is 5.99. The van der Waals surface area contributed by atoms with Crippen molar-refractivity contribution in [3.05, 3.63) is 30.1 Å². The molecule has 1 aromatic carbocycles. The lowest BCUT2D eigenvalue weighted by atomic mass is 10.2. The van der Waals surface area contributed by atoms with Crippen LogP contribution in [-0.2, 0) is 9.59 Å². The summed E-state index contributed by atoms with van der Waals surface area (Å²) >= 11 is 0. The number of hydrogen-bond acceptors (Lipinski definition) is 4. The predicted octanol–water partition coefficient (Wildman–Crippen LogP) is 0.0261. The highest BCUT2D eigenvalue weighted by molar-refractivity contribution is 6.04. The van der Waals surface area contributed by atoms with E-state index < -0.39 is 11.9 Å². The standard InChI is InChI=1S/C15H17FN4O3/c16-11-3-1-2-4-12(11)18-5-7-19(8-6-18)14(22)10-20-13(21)9-17-15(20)23/h1-4H,5-10H2,(H,17,23). The minimum absolute atomic E-state index is 0.0623. The van der Waals surface area contributed by atoms with Crippen molar-refractivity contribution in [2.45, 2.75) is 0 Å². The first-order valence-electron chi connectivity index (χ1n) is 7.41. The van der Waals surface area contributed by atoms with Gasteiger partial charge < -0.3 is 15.1 Å². The van der Waals surface area contributed by atoms with E-state index in [1.54, 1.807) is 23.1 Å². The smallest absolute Gasteiger partial charge is 0.325 e. The fraction of sp³-hybridized carbons (Fsp3) is 0.400. The van der Waals surface area contributed by atoms with E-state index in [2.05, 4.69) is 5.32 Å². The van der Waals surface area contributed by atoms with Gasteiger partial charge in [0.1, 0.15) is 12.4 Å². The van der Waals surface area contributed by atoms with E-state index in [4.69, 9.17) is 0 Å². The van der Waals surface area contributed by atoms with E-state index in [1.807, 2.05) is 4.90 Å². The first-order chi connectivity index (χ1) is 11.1. The number of piperazine rings is 1. The number of carbonyl (C=O) groups excluding carboxylic acids is 3. The maximum Gasteiger partial charge on any atom is 0.325 e. The number of para-hydroxylation sites is 1. The Hall–Kier alpha value is -2.64. The van der Waals surface area contributed by atoms with Crippen molar-refractivity contribution in [1.29, 1.82) is 0 Å². The summed E-state index contributed by atoms with van der Waals surface area (Å²) < 4.78 is 13.8. The van der Waals surface area contributed by atoms with Crippen molar-refractivity contribution in [2.75, 3.05) is 44.2 Å². The van der Waals surface area contributed by atoms with Crippen molar-refractivity contribution >= 4 is 23.5 Å². The average Bonchev–Trinajstić information content (AvgIpc) is 2.87. The molecule has 0 spiro atoms. The Kier molecular flexibility index (Phi) is 4.14. The number of amides is 4. The van der Waals surface area contributed by atoms with Crippen LogP contribution in [0.5, 0.6) is 0 Å². The van der Waals surface area contributed by atoms with E-state index in [1.165, 1.54) is 6.07 Å². The second-order valence-corrected chi connectivity index (χ2v) is 5.46. The van der Waals surface area contributed by atoms with Crippen LogP contribution in [0.3, 0.4) is 0 Å². The fourth-order valence-electron chi connectivity index (χ4n) is 2.76. The van der Waals surface area contributed by atoms with E-state index in [0.717, 1.165) is 4.90 Å². The highest BCUT2D eigenvalue weighted by atomic mass is 19.1. The number of imide groups is 1. The van der Waals surface area contributed by atoms with Gasteiger partial charge in [0.25, 0.3) is 5.91 Å². The summed E-state index contributed by atoms with van der Waals surface area (Å²) in [6.07, 6.45) is 0. The van der Waals surface area contributed by atoms with Crippen molar-refractivity contribution in [3.63, 3.8) is 0 Å². The summed E-state index contributed by atoms with van der Waals surface area (Å²) in [5.74, 6) is -0.955. The Labute approximate surface area is 132 Å². The molecule has 7 nitrogen and oxygen atoms in total. The second kappa shape index (κ2) is 6.23. The molecule has 0 aromatic heterocycles. The molecule has 1 aromatic rings. The molecule has 1 N–H and O–H groups in total. The van der Waals surface area contributed by atoms with Crippen LogP contribution in [0, 0.1) is 5.82 Å². The molecule has 8 heteroatoms. The predicted molar refractivity (Wildman–Crippen MR) is 80.3 cm³/mol. The summed E-state index contributed by atoms with van der Waals surface area (Å²) in [5.41, 5.74) is 0.522. The van der Waals surface area contributed by atoms with E-state index in [9.17, 15) is 18.8 Å². The third-order valence-corrected chi connectivity index (χ3v) is 4.06. The number of nitrogens with one attached hydrogen (secondary N) is 1. The highest BCUT2D eigenvalue weighted by Crippen LogP contribution is 2.20. The van der Waals surface area contributed by atoms with Gasteiger partial charge in [-0.2, -0.15) is 0 Å². The van der Waals surface area contributed by atoms with Crippen LogP contribution in [0.4, 0.5) is 14.9 Å². The molecule has 2 aliphatic heterocycles. The van der Waals surface area contributed by atoms with Gasteiger partial charge in [0.2, 0.25) is 5.91 Å². The number of rotatable bonds is 3. The molecule has 0 atom stereocenters. The number of urea groups is 1. The normalized spacial score (nSPS) is 18.4. The molecule has 2 heterocycles. The van der Waals surface area contributed by atoms with Gasteiger partial charge in [-0.3, -0.25) is 14.5 Å². The molecule has 2 fully saturated rings. The zero-order chi connectivity index (χ0) is 16.4. The summed E-state index contributed by atoms with van der Waals surface area (Å²) in [7, 11) is 0. The molecule has 0 bridgehead atoms. The van der Waals surface area contributed by atoms with Gasteiger partial charge in [0, 0.05) is 26.2 Å². The Morgan fingerprint density at radius 1 is 1.13 bits per heavy atom.